The Bertz CT molecular complexity index is 1130. The van der Waals surface area contributed by atoms with Crippen LogP contribution in [0.4, 0.5) is 0 Å². The third kappa shape index (κ3) is 7.45. The lowest BCUT2D eigenvalue weighted by Gasteiger charge is -2.32. The third-order valence-corrected chi connectivity index (χ3v) is 6.14. The molecule has 0 bridgehead atoms. The zero-order valence-electron chi connectivity index (χ0n) is 22.1. The van der Waals surface area contributed by atoms with Crippen molar-refractivity contribution in [2.24, 2.45) is 0 Å². The average Bonchev–Trinajstić information content (AvgIpc) is 2.86. The molecule has 0 aliphatic rings. The van der Waals surface area contributed by atoms with Gasteiger partial charge in [0.2, 0.25) is 5.91 Å². The second-order valence-electron chi connectivity index (χ2n) is 10.1. The van der Waals surface area contributed by atoms with Crippen molar-refractivity contribution in [1.82, 2.24) is 10.2 Å². The van der Waals surface area contributed by atoms with Gasteiger partial charge in [-0.2, -0.15) is 0 Å². The van der Waals surface area contributed by atoms with Crippen LogP contribution in [0.1, 0.15) is 49.9 Å². The smallest absolute Gasteiger partial charge is 0.261 e. The summed E-state index contributed by atoms with van der Waals surface area (Å²) in [5.41, 5.74) is 4.01. The van der Waals surface area contributed by atoms with Crippen LogP contribution in [0.25, 0.3) is 0 Å². The van der Waals surface area contributed by atoms with Gasteiger partial charge in [-0.3, -0.25) is 9.59 Å². The SMILES string of the molecule is CCNC(=O)[C@@H](Cc1ccccc1)N(Cc1ccc(C)cc1)C(=O)COc1ccccc1C(C)(C)C. The number of para-hydroxylation sites is 1. The second-order valence-corrected chi connectivity index (χ2v) is 10.1. The lowest BCUT2D eigenvalue weighted by molar-refractivity contribution is -0.142. The van der Waals surface area contributed by atoms with Crippen LogP contribution < -0.4 is 10.1 Å². The fourth-order valence-electron chi connectivity index (χ4n) is 4.17. The fraction of sp³-hybridized carbons (Fsp3) is 0.355. The van der Waals surface area contributed by atoms with E-state index in [2.05, 4.69) is 26.1 Å². The van der Waals surface area contributed by atoms with E-state index in [1.165, 1.54) is 0 Å². The molecule has 0 aliphatic heterocycles. The van der Waals surface area contributed by atoms with Crippen molar-refractivity contribution < 1.29 is 14.3 Å². The Morgan fingerprint density at radius 1 is 0.889 bits per heavy atom. The first-order valence-electron chi connectivity index (χ1n) is 12.6. The molecule has 3 rings (SSSR count). The van der Waals surface area contributed by atoms with Crippen LogP contribution in [0.3, 0.4) is 0 Å². The molecule has 0 spiro atoms. The number of carbonyl (C=O) groups excluding carboxylic acids is 2. The van der Waals surface area contributed by atoms with Crippen molar-refractivity contribution in [3.63, 3.8) is 0 Å². The Balaban J connectivity index is 1.91. The van der Waals surface area contributed by atoms with Gasteiger partial charge in [0.1, 0.15) is 11.8 Å². The van der Waals surface area contributed by atoms with E-state index >= 15 is 0 Å². The Kier molecular flexibility index (Phi) is 9.29. The minimum absolute atomic E-state index is 0.127. The van der Waals surface area contributed by atoms with E-state index < -0.39 is 6.04 Å². The van der Waals surface area contributed by atoms with E-state index in [1.54, 1.807) is 4.90 Å². The molecule has 5 nitrogen and oxygen atoms in total. The van der Waals surface area contributed by atoms with Crippen molar-refractivity contribution in [1.29, 1.82) is 0 Å². The van der Waals surface area contributed by atoms with Crippen LogP contribution in [0.5, 0.6) is 5.75 Å². The minimum Gasteiger partial charge on any atom is -0.483 e. The molecule has 1 atom stereocenters. The van der Waals surface area contributed by atoms with Crippen LogP contribution in [-0.4, -0.2) is 35.9 Å². The maximum atomic E-state index is 13.7. The van der Waals surface area contributed by atoms with Gasteiger partial charge in [-0.25, -0.2) is 0 Å². The summed E-state index contributed by atoms with van der Waals surface area (Å²) in [6.07, 6.45) is 0.419. The monoisotopic (exact) mass is 486 g/mol. The van der Waals surface area contributed by atoms with Crippen molar-refractivity contribution in [3.8, 4) is 5.75 Å². The minimum atomic E-state index is -0.664. The molecule has 1 N–H and O–H groups in total. The van der Waals surface area contributed by atoms with Crippen molar-refractivity contribution >= 4 is 11.8 Å². The van der Waals surface area contributed by atoms with Crippen molar-refractivity contribution in [2.75, 3.05) is 13.2 Å². The molecule has 5 heteroatoms. The lowest BCUT2D eigenvalue weighted by Crippen LogP contribution is -2.51. The number of nitrogens with zero attached hydrogens (tertiary/aromatic N) is 1. The molecule has 0 fully saturated rings. The van der Waals surface area contributed by atoms with Crippen LogP contribution in [0.15, 0.2) is 78.9 Å². The van der Waals surface area contributed by atoms with Crippen molar-refractivity contribution in [2.45, 2.75) is 59.0 Å². The van der Waals surface area contributed by atoms with E-state index in [-0.39, 0.29) is 23.8 Å². The zero-order chi connectivity index (χ0) is 26.1. The van der Waals surface area contributed by atoms with Gasteiger partial charge in [-0.1, -0.05) is 99.1 Å². The number of benzene rings is 3. The van der Waals surface area contributed by atoms with Crippen LogP contribution >= 0.6 is 0 Å². The summed E-state index contributed by atoms with van der Waals surface area (Å²) < 4.78 is 6.08. The molecule has 0 saturated carbocycles. The Labute approximate surface area is 215 Å². The molecular formula is C31H38N2O3. The molecule has 0 aliphatic carbocycles. The zero-order valence-corrected chi connectivity index (χ0v) is 22.1. The topological polar surface area (TPSA) is 58.6 Å². The number of rotatable bonds is 10. The number of ether oxygens (including phenoxy) is 1. The molecule has 0 unspecified atom stereocenters. The summed E-state index contributed by atoms with van der Waals surface area (Å²) in [5, 5.41) is 2.93. The highest BCUT2D eigenvalue weighted by atomic mass is 16.5. The van der Waals surface area contributed by atoms with Crippen LogP contribution in [0, 0.1) is 6.92 Å². The summed E-state index contributed by atoms with van der Waals surface area (Å²) in [6.45, 7) is 10.9. The fourth-order valence-corrected chi connectivity index (χ4v) is 4.17. The molecule has 36 heavy (non-hydrogen) atoms. The van der Waals surface area contributed by atoms with Gasteiger partial charge in [0.05, 0.1) is 0 Å². The summed E-state index contributed by atoms with van der Waals surface area (Å²) in [7, 11) is 0. The van der Waals surface area contributed by atoms with Gasteiger partial charge in [0.15, 0.2) is 6.61 Å². The highest BCUT2D eigenvalue weighted by Gasteiger charge is 2.31. The molecule has 2 amide bonds. The molecule has 0 radical (unpaired) electrons. The predicted molar refractivity (Wildman–Crippen MR) is 145 cm³/mol. The third-order valence-electron chi connectivity index (χ3n) is 6.14. The maximum absolute atomic E-state index is 13.7. The lowest BCUT2D eigenvalue weighted by atomic mass is 9.86. The van der Waals surface area contributed by atoms with Crippen LogP contribution in [0.2, 0.25) is 0 Å². The Morgan fingerprint density at radius 2 is 1.53 bits per heavy atom. The first kappa shape index (κ1) is 27.0. The van der Waals surface area contributed by atoms with E-state index in [4.69, 9.17) is 4.74 Å². The van der Waals surface area contributed by atoms with E-state index in [9.17, 15) is 9.59 Å². The first-order chi connectivity index (χ1) is 17.2. The number of hydrogen-bond donors (Lipinski definition) is 1. The molecular weight excluding hydrogens is 448 g/mol. The normalized spacial score (nSPS) is 12.0. The summed E-state index contributed by atoms with van der Waals surface area (Å²) >= 11 is 0. The van der Waals surface area contributed by atoms with Gasteiger partial charge in [0.25, 0.3) is 5.91 Å². The van der Waals surface area contributed by atoms with E-state index in [0.29, 0.717) is 25.3 Å². The molecule has 0 saturated heterocycles. The average molecular weight is 487 g/mol. The Hall–Kier alpha value is -3.60. The Morgan fingerprint density at radius 3 is 2.17 bits per heavy atom. The summed E-state index contributed by atoms with van der Waals surface area (Å²) in [6, 6.07) is 25.0. The standard InChI is InChI=1S/C31H38N2O3/c1-6-32-30(35)27(20-24-12-8-7-9-13-24)33(21-25-18-16-23(2)17-19-25)29(34)22-36-28-15-11-10-14-26(28)31(3,4)5/h7-19,27H,6,20-22H2,1-5H3,(H,32,35)/t27-/m1/s1. The van der Waals surface area contributed by atoms with Gasteiger partial charge in [-0.15, -0.1) is 0 Å². The molecule has 190 valence electrons. The van der Waals surface area contributed by atoms with Gasteiger partial charge >= 0.3 is 0 Å². The highest BCUT2D eigenvalue weighted by Crippen LogP contribution is 2.31. The van der Waals surface area contributed by atoms with Gasteiger partial charge < -0.3 is 15.0 Å². The maximum Gasteiger partial charge on any atom is 0.261 e. The van der Waals surface area contributed by atoms with Crippen LogP contribution in [-0.2, 0) is 28.0 Å². The van der Waals surface area contributed by atoms with E-state index in [1.807, 2.05) is 92.7 Å². The van der Waals surface area contributed by atoms with E-state index in [0.717, 1.165) is 22.3 Å². The molecule has 0 aromatic heterocycles. The largest absolute Gasteiger partial charge is 0.483 e. The van der Waals surface area contributed by atoms with Gasteiger partial charge in [0, 0.05) is 19.5 Å². The number of likely N-dealkylation sites (N-methyl/N-ethyl adjacent to an activating group) is 1. The number of nitrogens with one attached hydrogen (secondary N) is 1. The molecule has 3 aromatic rings. The molecule has 0 heterocycles. The second kappa shape index (κ2) is 12.4. The number of aryl methyl sites for hydroxylation is 1. The van der Waals surface area contributed by atoms with Crippen molar-refractivity contribution in [3.05, 3.63) is 101 Å². The molecule has 3 aromatic carbocycles. The number of carbonyl (C=O) groups is 2. The predicted octanol–water partition coefficient (Wildman–Crippen LogP) is 5.45. The quantitative estimate of drug-likeness (QED) is 0.415. The number of amides is 2. The highest BCUT2D eigenvalue weighted by molar-refractivity contribution is 5.88. The summed E-state index contributed by atoms with van der Waals surface area (Å²) in [5.74, 6) is 0.287. The summed E-state index contributed by atoms with van der Waals surface area (Å²) in [4.78, 5) is 28.6. The first-order valence-corrected chi connectivity index (χ1v) is 12.6. The van der Waals surface area contributed by atoms with Gasteiger partial charge in [-0.05, 0) is 42.0 Å². The number of hydrogen-bond acceptors (Lipinski definition) is 3.